The second-order valence-electron chi connectivity index (χ2n) is 2.99. The molecule has 14 heavy (non-hydrogen) atoms. The van der Waals surface area contributed by atoms with Crippen LogP contribution in [0, 0.1) is 6.92 Å². The molecule has 6 heteroatoms. The maximum absolute atomic E-state index is 10.3. The molecule has 0 saturated carbocycles. The SMILES string of the molecule is Cc1nn(C)cc1CNOCC(N)=O. The summed E-state index contributed by atoms with van der Waals surface area (Å²) in [5, 5.41) is 4.15. The van der Waals surface area contributed by atoms with Gasteiger partial charge in [0.05, 0.1) is 5.69 Å². The van der Waals surface area contributed by atoms with Crippen LogP contribution in [0.5, 0.6) is 0 Å². The molecule has 0 radical (unpaired) electrons. The van der Waals surface area contributed by atoms with Crippen LogP contribution in [0.4, 0.5) is 0 Å². The molecule has 6 nitrogen and oxygen atoms in total. The summed E-state index contributed by atoms with van der Waals surface area (Å²) in [7, 11) is 1.85. The van der Waals surface area contributed by atoms with Gasteiger partial charge in [-0.1, -0.05) is 0 Å². The summed E-state index contributed by atoms with van der Waals surface area (Å²) in [6.45, 7) is 2.29. The van der Waals surface area contributed by atoms with Crippen LogP contribution in [0.15, 0.2) is 6.20 Å². The first-order valence-electron chi connectivity index (χ1n) is 4.21. The maximum atomic E-state index is 10.3. The summed E-state index contributed by atoms with van der Waals surface area (Å²) >= 11 is 0. The van der Waals surface area contributed by atoms with E-state index in [9.17, 15) is 4.79 Å². The number of hydroxylamine groups is 1. The number of nitrogens with one attached hydrogen (secondary N) is 1. The van der Waals surface area contributed by atoms with E-state index >= 15 is 0 Å². The zero-order chi connectivity index (χ0) is 10.6. The van der Waals surface area contributed by atoms with Crippen molar-refractivity contribution in [1.29, 1.82) is 0 Å². The number of carbonyl (C=O) groups excluding carboxylic acids is 1. The highest BCUT2D eigenvalue weighted by Gasteiger charge is 2.02. The topological polar surface area (TPSA) is 82.2 Å². The van der Waals surface area contributed by atoms with Gasteiger partial charge in [-0.25, -0.2) is 0 Å². The predicted octanol–water partition coefficient (Wildman–Crippen LogP) is -0.765. The Morgan fingerprint density at radius 2 is 2.50 bits per heavy atom. The average molecular weight is 198 g/mol. The van der Waals surface area contributed by atoms with Crippen molar-refractivity contribution in [3.05, 3.63) is 17.5 Å². The molecular weight excluding hydrogens is 184 g/mol. The van der Waals surface area contributed by atoms with E-state index in [1.54, 1.807) is 4.68 Å². The molecule has 1 amide bonds. The van der Waals surface area contributed by atoms with Crippen molar-refractivity contribution >= 4 is 5.91 Å². The Bertz CT molecular complexity index is 321. The van der Waals surface area contributed by atoms with Gasteiger partial charge in [0.25, 0.3) is 0 Å². The molecule has 1 aromatic heterocycles. The first kappa shape index (κ1) is 10.7. The summed E-state index contributed by atoms with van der Waals surface area (Å²) in [6, 6.07) is 0. The highest BCUT2D eigenvalue weighted by Crippen LogP contribution is 2.03. The lowest BCUT2D eigenvalue weighted by molar-refractivity contribution is -0.125. The highest BCUT2D eigenvalue weighted by atomic mass is 16.6. The van der Waals surface area contributed by atoms with E-state index in [1.165, 1.54) is 0 Å². The number of hydrogen-bond acceptors (Lipinski definition) is 4. The first-order chi connectivity index (χ1) is 6.59. The fourth-order valence-electron chi connectivity index (χ4n) is 1.07. The van der Waals surface area contributed by atoms with Gasteiger partial charge in [0.15, 0.2) is 0 Å². The summed E-state index contributed by atoms with van der Waals surface area (Å²) in [5.41, 5.74) is 9.48. The van der Waals surface area contributed by atoms with Crippen molar-refractivity contribution in [2.75, 3.05) is 6.61 Å². The minimum absolute atomic E-state index is 0.126. The predicted molar refractivity (Wildman–Crippen MR) is 49.9 cm³/mol. The van der Waals surface area contributed by atoms with E-state index in [1.807, 2.05) is 20.2 Å². The Morgan fingerprint density at radius 3 is 3.00 bits per heavy atom. The summed E-state index contributed by atoms with van der Waals surface area (Å²) in [4.78, 5) is 15.1. The van der Waals surface area contributed by atoms with Crippen molar-refractivity contribution in [3.63, 3.8) is 0 Å². The second-order valence-corrected chi connectivity index (χ2v) is 2.99. The van der Waals surface area contributed by atoms with Gasteiger partial charge in [-0.3, -0.25) is 14.3 Å². The third-order valence-electron chi connectivity index (χ3n) is 1.69. The number of rotatable bonds is 5. The molecule has 0 aliphatic carbocycles. The van der Waals surface area contributed by atoms with Crippen LogP contribution >= 0.6 is 0 Å². The summed E-state index contributed by atoms with van der Waals surface area (Å²) in [6.07, 6.45) is 1.88. The summed E-state index contributed by atoms with van der Waals surface area (Å²) < 4.78 is 1.72. The smallest absolute Gasteiger partial charge is 0.245 e. The summed E-state index contributed by atoms with van der Waals surface area (Å²) in [5.74, 6) is -0.500. The largest absolute Gasteiger partial charge is 0.368 e. The quantitative estimate of drug-likeness (QED) is 0.481. The van der Waals surface area contributed by atoms with E-state index in [-0.39, 0.29) is 6.61 Å². The molecule has 1 aromatic rings. The normalized spacial score (nSPS) is 10.4. The molecule has 0 aliphatic heterocycles. The van der Waals surface area contributed by atoms with E-state index < -0.39 is 5.91 Å². The Morgan fingerprint density at radius 1 is 1.79 bits per heavy atom. The van der Waals surface area contributed by atoms with Gasteiger partial charge >= 0.3 is 0 Å². The lowest BCUT2D eigenvalue weighted by Crippen LogP contribution is -2.24. The van der Waals surface area contributed by atoms with Crippen molar-refractivity contribution < 1.29 is 9.63 Å². The number of amides is 1. The molecule has 0 aromatic carbocycles. The Labute approximate surface area is 82.0 Å². The lowest BCUT2D eigenvalue weighted by atomic mass is 10.3. The van der Waals surface area contributed by atoms with Crippen molar-refractivity contribution in [1.82, 2.24) is 15.3 Å². The van der Waals surface area contributed by atoms with Crippen LogP contribution in [-0.4, -0.2) is 22.3 Å². The van der Waals surface area contributed by atoms with Gasteiger partial charge in [-0.2, -0.15) is 10.6 Å². The molecule has 0 atom stereocenters. The van der Waals surface area contributed by atoms with Crippen molar-refractivity contribution in [3.8, 4) is 0 Å². The van der Waals surface area contributed by atoms with Crippen molar-refractivity contribution in [2.24, 2.45) is 12.8 Å². The monoisotopic (exact) mass is 198 g/mol. The van der Waals surface area contributed by atoms with Gasteiger partial charge in [-0.05, 0) is 6.92 Å². The number of primary amides is 1. The molecule has 0 fully saturated rings. The molecule has 0 aliphatic rings. The number of carbonyl (C=O) groups is 1. The van der Waals surface area contributed by atoms with Crippen LogP contribution in [0.1, 0.15) is 11.3 Å². The minimum atomic E-state index is -0.500. The number of aryl methyl sites for hydroxylation is 2. The third kappa shape index (κ3) is 3.15. The fraction of sp³-hybridized carbons (Fsp3) is 0.500. The van der Waals surface area contributed by atoms with Crippen LogP contribution in [0.2, 0.25) is 0 Å². The van der Waals surface area contributed by atoms with Crippen molar-refractivity contribution in [2.45, 2.75) is 13.5 Å². The Balaban J connectivity index is 2.31. The van der Waals surface area contributed by atoms with Gasteiger partial charge < -0.3 is 5.73 Å². The number of aromatic nitrogens is 2. The maximum Gasteiger partial charge on any atom is 0.245 e. The van der Waals surface area contributed by atoms with E-state index in [0.717, 1.165) is 11.3 Å². The van der Waals surface area contributed by atoms with Crippen LogP contribution in [-0.2, 0) is 23.2 Å². The van der Waals surface area contributed by atoms with Gasteiger partial charge in [0.2, 0.25) is 5.91 Å². The molecule has 0 unspecified atom stereocenters. The molecule has 78 valence electrons. The fourth-order valence-corrected chi connectivity index (χ4v) is 1.07. The van der Waals surface area contributed by atoms with E-state index in [4.69, 9.17) is 10.6 Å². The lowest BCUT2D eigenvalue weighted by Gasteiger charge is -2.01. The van der Waals surface area contributed by atoms with Gasteiger partial charge in [-0.15, -0.1) is 0 Å². The molecule has 1 rings (SSSR count). The molecular formula is C8H14N4O2. The van der Waals surface area contributed by atoms with Crippen LogP contribution < -0.4 is 11.2 Å². The van der Waals surface area contributed by atoms with Crippen LogP contribution in [0.3, 0.4) is 0 Å². The Kier molecular flexibility index (Phi) is 3.61. The van der Waals surface area contributed by atoms with Crippen LogP contribution in [0.25, 0.3) is 0 Å². The minimum Gasteiger partial charge on any atom is -0.368 e. The average Bonchev–Trinajstić information content (AvgIpc) is 2.39. The number of nitrogens with zero attached hydrogens (tertiary/aromatic N) is 2. The zero-order valence-electron chi connectivity index (χ0n) is 8.28. The van der Waals surface area contributed by atoms with Gasteiger partial charge in [0, 0.05) is 25.4 Å². The van der Waals surface area contributed by atoms with Gasteiger partial charge in [0.1, 0.15) is 6.61 Å². The van der Waals surface area contributed by atoms with E-state index in [0.29, 0.717) is 6.54 Å². The number of nitrogens with two attached hydrogens (primary N) is 1. The first-order valence-corrected chi connectivity index (χ1v) is 4.21. The number of hydrogen-bond donors (Lipinski definition) is 2. The molecule has 3 N–H and O–H groups in total. The molecule has 1 heterocycles. The highest BCUT2D eigenvalue weighted by molar-refractivity contribution is 5.74. The van der Waals surface area contributed by atoms with E-state index in [2.05, 4.69) is 10.6 Å². The molecule has 0 spiro atoms. The zero-order valence-corrected chi connectivity index (χ0v) is 8.28. The second kappa shape index (κ2) is 4.73. The standard InChI is InChI=1S/C8H14N4O2/c1-6-7(4-12(2)11-6)3-10-14-5-8(9)13/h4,10H,3,5H2,1-2H3,(H2,9,13). The third-order valence-corrected chi connectivity index (χ3v) is 1.69. The Hall–Kier alpha value is -1.40. The molecule has 0 bridgehead atoms. The molecule has 0 saturated heterocycles.